The molecule has 0 spiro atoms. The van der Waals surface area contributed by atoms with E-state index in [0.717, 1.165) is 23.9 Å². The molecule has 0 radical (unpaired) electrons. The van der Waals surface area contributed by atoms with Gasteiger partial charge in [0, 0.05) is 33.7 Å². The summed E-state index contributed by atoms with van der Waals surface area (Å²) in [4.78, 5) is 12.7. The molecule has 19 heavy (non-hydrogen) atoms. The fourth-order valence-corrected chi connectivity index (χ4v) is 3.12. The summed E-state index contributed by atoms with van der Waals surface area (Å²) >= 11 is 0. The first-order chi connectivity index (χ1) is 8.84. The van der Waals surface area contributed by atoms with Crippen LogP contribution in [0.5, 0.6) is 0 Å². The van der Waals surface area contributed by atoms with E-state index in [1.807, 2.05) is 0 Å². The Morgan fingerprint density at radius 3 is 2.21 bits per heavy atom. The van der Waals surface area contributed by atoms with Gasteiger partial charge < -0.3 is 10.0 Å². The topological polar surface area (TPSA) is 81.2 Å². The van der Waals surface area contributed by atoms with E-state index in [9.17, 15) is 13.2 Å². The average Bonchev–Trinajstić information content (AvgIpc) is 2.85. The second-order valence-corrected chi connectivity index (χ2v) is 6.99. The molecule has 0 saturated carbocycles. The lowest BCUT2D eigenvalue weighted by Crippen LogP contribution is -2.43. The fourth-order valence-electron chi connectivity index (χ4n) is 2.01. The highest BCUT2D eigenvalue weighted by Gasteiger charge is 2.24. The van der Waals surface area contributed by atoms with Crippen LogP contribution < -0.4 is 0 Å². The molecule has 1 fully saturated rings. The summed E-state index contributed by atoms with van der Waals surface area (Å²) in [5, 5.41) is 8.57. The molecule has 1 aliphatic rings. The average molecular weight is 293 g/mol. The molecule has 0 amide bonds. The lowest BCUT2D eigenvalue weighted by atomic mass is 10.4. The fraction of sp³-hybridized carbons (Fsp3) is 0.909. The van der Waals surface area contributed by atoms with Crippen LogP contribution in [0.2, 0.25) is 0 Å². The minimum atomic E-state index is -3.55. The van der Waals surface area contributed by atoms with Crippen LogP contribution in [-0.4, -0.2) is 79.8 Å². The maximum atomic E-state index is 12.1. The second-order valence-electron chi connectivity index (χ2n) is 4.84. The van der Waals surface area contributed by atoms with Crippen molar-refractivity contribution in [3.8, 4) is 0 Å². The quantitative estimate of drug-likeness (QED) is 0.662. The number of carboxylic acid groups (broad SMARTS) is 1. The maximum Gasteiger partial charge on any atom is 0.304 e. The van der Waals surface area contributed by atoms with Gasteiger partial charge in [-0.2, -0.15) is 17.0 Å². The summed E-state index contributed by atoms with van der Waals surface area (Å²) in [6.45, 7) is 3.21. The molecule has 0 aliphatic carbocycles. The Labute approximate surface area is 115 Å². The van der Waals surface area contributed by atoms with Crippen molar-refractivity contribution in [2.45, 2.75) is 19.3 Å². The highest BCUT2D eigenvalue weighted by molar-refractivity contribution is 7.86. The zero-order valence-electron chi connectivity index (χ0n) is 11.6. The molecule has 1 heterocycles. The third kappa shape index (κ3) is 5.06. The molecular formula is C11H23N3O4S. The van der Waals surface area contributed by atoms with Crippen molar-refractivity contribution in [3.63, 3.8) is 0 Å². The van der Waals surface area contributed by atoms with Gasteiger partial charge >= 0.3 is 5.97 Å². The van der Waals surface area contributed by atoms with Crippen LogP contribution in [0, 0.1) is 0 Å². The molecule has 1 aliphatic heterocycles. The summed E-state index contributed by atoms with van der Waals surface area (Å²) < 4.78 is 26.5. The van der Waals surface area contributed by atoms with E-state index in [4.69, 9.17) is 5.11 Å². The van der Waals surface area contributed by atoms with Gasteiger partial charge in [0.05, 0.1) is 6.42 Å². The van der Waals surface area contributed by atoms with Gasteiger partial charge in [0.2, 0.25) is 0 Å². The molecule has 0 aromatic heterocycles. The first-order valence-electron chi connectivity index (χ1n) is 6.46. The van der Waals surface area contributed by atoms with Gasteiger partial charge in [0.1, 0.15) is 0 Å². The van der Waals surface area contributed by atoms with Crippen molar-refractivity contribution in [2.24, 2.45) is 0 Å². The van der Waals surface area contributed by atoms with Crippen molar-refractivity contribution >= 4 is 16.2 Å². The number of hydrogen-bond donors (Lipinski definition) is 1. The van der Waals surface area contributed by atoms with Crippen LogP contribution in [0.4, 0.5) is 0 Å². The van der Waals surface area contributed by atoms with E-state index in [0.29, 0.717) is 6.54 Å². The van der Waals surface area contributed by atoms with E-state index in [2.05, 4.69) is 4.90 Å². The number of hydrogen-bond acceptors (Lipinski definition) is 4. The van der Waals surface area contributed by atoms with Gasteiger partial charge in [-0.15, -0.1) is 0 Å². The minimum Gasteiger partial charge on any atom is -0.481 e. The molecule has 112 valence electrons. The van der Waals surface area contributed by atoms with Crippen LogP contribution >= 0.6 is 0 Å². The molecule has 1 N–H and O–H groups in total. The Bertz CT molecular complexity index is 393. The molecule has 1 saturated heterocycles. The molecule has 0 atom stereocenters. The zero-order chi connectivity index (χ0) is 14.5. The van der Waals surface area contributed by atoms with E-state index in [1.54, 1.807) is 0 Å². The normalized spacial score (nSPS) is 17.5. The van der Waals surface area contributed by atoms with Crippen molar-refractivity contribution in [3.05, 3.63) is 0 Å². The van der Waals surface area contributed by atoms with Crippen LogP contribution in [0.25, 0.3) is 0 Å². The van der Waals surface area contributed by atoms with Crippen LogP contribution in [0.1, 0.15) is 19.3 Å². The highest BCUT2D eigenvalue weighted by atomic mass is 32.2. The smallest absolute Gasteiger partial charge is 0.304 e. The number of aliphatic carboxylic acids is 1. The Kier molecular flexibility index (Phi) is 6.18. The first-order valence-corrected chi connectivity index (χ1v) is 7.85. The summed E-state index contributed by atoms with van der Waals surface area (Å²) in [5.41, 5.74) is 0. The molecular weight excluding hydrogens is 270 g/mol. The largest absolute Gasteiger partial charge is 0.481 e. The lowest BCUT2D eigenvalue weighted by Gasteiger charge is -2.25. The lowest BCUT2D eigenvalue weighted by molar-refractivity contribution is -0.137. The van der Waals surface area contributed by atoms with Gasteiger partial charge in [-0.3, -0.25) is 4.79 Å². The van der Waals surface area contributed by atoms with Crippen LogP contribution in [0.15, 0.2) is 0 Å². The van der Waals surface area contributed by atoms with Gasteiger partial charge in [-0.25, -0.2) is 0 Å². The molecule has 7 nitrogen and oxygen atoms in total. The van der Waals surface area contributed by atoms with Crippen molar-refractivity contribution in [2.75, 3.05) is 46.8 Å². The molecule has 0 aromatic rings. The zero-order valence-corrected chi connectivity index (χ0v) is 12.4. The highest BCUT2D eigenvalue weighted by Crippen LogP contribution is 2.09. The summed E-state index contributed by atoms with van der Waals surface area (Å²) in [5.74, 6) is -0.998. The predicted octanol–water partition coefficient (Wildman–Crippen LogP) is -0.335. The van der Waals surface area contributed by atoms with Crippen molar-refractivity contribution in [1.82, 2.24) is 13.5 Å². The van der Waals surface area contributed by atoms with Crippen molar-refractivity contribution < 1.29 is 18.3 Å². The number of rotatable bonds is 8. The number of likely N-dealkylation sites (tertiary alicyclic amines) is 1. The Balaban J connectivity index is 2.42. The first kappa shape index (κ1) is 16.4. The Morgan fingerprint density at radius 2 is 1.68 bits per heavy atom. The third-order valence-electron chi connectivity index (χ3n) is 3.36. The Hall–Kier alpha value is -0.700. The number of nitrogens with zero attached hydrogens (tertiary/aromatic N) is 3. The SMILES string of the molecule is CN(CCC(=O)O)S(=O)(=O)N(C)CCN1CCCC1. The number of likely N-dealkylation sites (N-methyl/N-ethyl adjacent to an activating group) is 1. The van der Waals surface area contributed by atoms with E-state index < -0.39 is 16.2 Å². The molecule has 0 unspecified atom stereocenters. The van der Waals surface area contributed by atoms with E-state index in [-0.39, 0.29) is 13.0 Å². The third-order valence-corrected chi connectivity index (χ3v) is 5.30. The van der Waals surface area contributed by atoms with Crippen molar-refractivity contribution in [1.29, 1.82) is 0 Å². The second kappa shape index (κ2) is 7.18. The van der Waals surface area contributed by atoms with Gasteiger partial charge in [0.15, 0.2) is 0 Å². The van der Waals surface area contributed by atoms with E-state index in [1.165, 1.54) is 31.2 Å². The number of carbonyl (C=O) groups is 1. The standard InChI is InChI=1S/C11H23N3O4S/c1-12(8-5-11(15)16)19(17,18)13(2)9-10-14-6-3-4-7-14/h3-10H2,1-2H3,(H,15,16). The molecule has 8 heteroatoms. The van der Waals surface area contributed by atoms with Crippen LogP contribution in [-0.2, 0) is 15.0 Å². The maximum absolute atomic E-state index is 12.1. The van der Waals surface area contributed by atoms with Crippen LogP contribution in [0.3, 0.4) is 0 Å². The molecule has 1 rings (SSSR count). The van der Waals surface area contributed by atoms with Gasteiger partial charge in [-0.1, -0.05) is 0 Å². The summed E-state index contributed by atoms with van der Waals surface area (Å²) in [6.07, 6.45) is 2.17. The molecule has 0 aromatic carbocycles. The monoisotopic (exact) mass is 293 g/mol. The predicted molar refractivity (Wildman–Crippen MR) is 72.1 cm³/mol. The minimum absolute atomic E-state index is 0.00821. The number of carboxylic acids is 1. The van der Waals surface area contributed by atoms with Gasteiger partial charge in [-0.05, 0) is 25.9 Å². The Morgan fingerprint density at radius 1 is 1.16 bits per heavy atom. The summed E-state index contributed by atoms with van der Waals surface area (Å²) in [6, 6.07) is 0. The van der Waals surface area contributed by atoms with E-state index >= 15 is 0 Å². The molecule has 0 bridgehead atoms. The summed E-state index contributed by atoms with van der Waals surface area (Å²) in [7, 11) is -0.612. The van der Waals surface area contributed by atoms with Gasteiger partial charge in [0.25, 0.3) is 10.2 Å².